The Kier molecular flexibility index (Phi) is 6.50. The van der Waals surface area contributed by atoms with Crippen molar-refractivity contribution in [1.29, 1.82) is 0 Å². The third-order valence-electron chi connectivity index (χ3n) is 4.01. The number of benzene rings is 1. The van der Waals surface area contributed by atoms with E-state index in [1.165, 1.54) is 0 Å². The van der Waals surface area contributed by atoms with Gasteiger partial charge in [0.25, 0.3) is 0 Å². The first kappa shape index (κ1) is 20.1. The summed E-state index contributed by atoms with van der Waals surface area (Å²) in [5, 5.41) is 14.0. The number of fused-ring (bicyclic) bond motifs is 1. The smallest absolute Gasteiger partial charge is 0.340 e. The molecule has 0 aliphatic heterocycles. The molecule has 0 radical (unpaired) electrons. The molecule has 0 atom stereocenters. The van der Waals surface area contributed by atoms with E-state index in [1.807, 2.05) is 23.7 Å². The van der Waals surface area contributed by atoms with Crippen LogP contribution in [0.4, 0.5) is 5.69 Å². The predicted molar refractivity (Wildman–Crippen MR) is 107 cm³/mol. The molecular weight excluding hydrogens is 422 g/mol. The minimum Gasteiger partial charge on any atom is -0.507 e. The van der Waals surface area contributed by atoms with Gasteiger partial charge < -0.3 is 19.7 Å². The van der Waals surface area contributed by atoms with Gasteiger partial charge in [0.1, 0.15) is 5.75 Å². The van der Waals surface area contributed by atoms with Crippen molar-refractivity contribution in [3.8, 4) is 5.75 Å². The fourth-order valence-corrected chi connectivity index (χ4v) is 3.12. The zero-order valence-electron chi connectivity index (χ0n) is 14.3. The summed E-state index contributed by atoms with van der Waals surface area (Å²) in [5.41, 5.74) is 2.98. The summed E-state index contributed by atoms with van der Waals surface area (Å²) >= 11 is 3.33. The van der Waals surface area contributed by atoms with Gasteiger partial charge in [-0.25, -0.2) is 4.79 Å². The minimum atomic E-state index is -0.402. The number of anilines is 1. The van der Waals surface area contributed by atoms with Gasteiger partial charge in [-0.15, -0.1) is 12.4 Å². The molecule has 2 heterocycles. The Morgan fingerprint density at radius 3 is 2.69 bits per heavy atom. The number of aromatic hydroxyl groups is 1. The number of hydrogen-bond acceptors (Lipinski definition) is 5. The monoisotopic (exact) mass is 439 g/mol. The van der Waals surface area contributed by atoms with Crippen LogP contribution < -0.4 is 5.32 Å². The van der Waals surface area contributed by atoms with Crippen LogP contribution in [-0.4, -0.2) is 27.2 Å². The van der Waals surface area contributed by atoms with E-state index >= 15 is 0 Å². The van der Waals surface area contributed by atoms with Crippen LogP contribution in [0.15, 0.2) is 41.1 Å². The van der Waals surface area contributed by atoms with Crippen LogP contribution in [0.25, 0.3) is 10.9 Å². The normalized spacial score (nSPS) is 10.4. The van der Waals surface area contributed by atoms with Crippen LogP contribution in [0.1, 0.15) is 23.0 Å². The maximum absolute atomic E-state index is 12.5. The molecule has 0 saturated carbocycles. The minimum absolute atomic E-state index is 0. The van der Waals surface area contributed by atoms with E-state index < -0.39 is 5.97 Å². The Balaban J connectivity index is 0.00000243. The summed E-state index contributed by atoms with van der Waals surface area (Å²) in [6.45, 7) is 2.49. The lowest BCUT2D eigenvalue weighted by Crippen LogP contribution is -2.12. The van der Waals surface area contributed by atoms with Gasteiger partial charge in [-0.1, -0.05) is 0 Å². The molecule has 138 valence electrons. The summed E-state index contributed by atoms with van der Waals surface area (Å²) < 4.78 is 7.73. The SMILES string of the molecule is CCOC(=O)c1c(CNc2ccncc2)n(C)c2cc(Br)c(O)cc12.Cl. The molecule has 1 aromatic carbocycles. The average molecular weight is 441 g/mol. The van der Waals surface area contributed by atoms with E-state index in [2.05, 4.69) is 26.2 Å². The molecule has 3 rings (SSSR count). The topological polar surface area (TPSA) is 76.4 Å². The Morgan fingerprint density at radius 2 is 2.04 bits per heavy atom. The lowest BCUT2D eigenvalue weighted by molar-refractivity contribution is 0.0527. The first-order chi connectivity index (χ1) is 12.0. The highest BCUT2D eigenvalue weighted by molar-refractivity contribution is 9.10. The molecule has 6 nitrogen and oxygen atoms in total. The highest BCUT2D eigenvalue weighted by Crippen LogP contribution is 2.34. The van der Waals surface area contributed by atoms with Gasteiger partial charge in [0.2, 0.25) is 0 Å². The fourth-order valence-electron chi connectivity index (χ4n) is 2.79. The molecular formula is C18H19BrClN3O3. The van der Waals surface area contributed by atoms with Gasteiger partial charge in [0.15, 0.2) is 0 Å². The van der Waals surface area contributed by atoms with Gasteiger partial charge in [-0.2, -0.15) is 0 Å². The van der Waals surface area contributed by atoms with Gasteiger partial charge in [0.05, 0.1) is 34.4 Å². The number of aryl methyl sites for hydroxylation is 1. The molecule has 0 spiro atoms. The number of halogens is 2. The molecule has 2 aromatic heterocycles. The summed E-state index contributed by atoms with van der Waals surface area (Å²) in [6, 6.07) is 7.09. The van der Waals surface area contributed by atoms with Gasteiger partial charge in [0, 0.05) is 30.5 Å². The number of nitrogens with one attached hydrogen (secondary N) is 1. The van der Waals surface area contributed by atoms with Crippen molar-refractivity contribution in [3.05, 3.63) is 52.4 Å². The first-order valence-corrected chi connectivity index (χ1v) is 8.63. The molecule has 0 saturated heterocycles. The van der Waals surface area contributed by atoms with Crippen LogP contribution in [0.2, 0.25) is 0 Å². The molecule has 0 aliphatic carbocycles. The Morgan fingerprint density at radius 1 is 1.35 bits per heavy atom. The van der Waals surface area contributed by atoms with E-state index in [1.54, 1.807) is 31.5 Å². The van der Waals surface area contributed by atoms with E-state index in [4.69, 9.17) is 4.74 Å². The molecule has 0 bridgehead atoms. The second-order valence-electron chi connectivity index (χ2n) is 5.51. The Hall–Kier alpha value is -2.25. The molecule has 0 fully saturated rings. The third kappa shape index (κ3) is 3.78. The highest BCUT2D eigenvalue weighted by Gasteiger charge is 2.23. The molecule has 26 heavy (non-hydrogen) atoms. The van der Waals surface area contributed by atoms with Gasteiger partial charge in [-0.05, 0) is 47.1 Å². The number of carbonyl (C=O) groups is 1. The fraction of sp³-hybridized carbons (Fsp3) is 0.222. The average Bonchev–Trinajstić information content (AvgIpc) is 2.86. The number of nitrogens with zero attached hydrogens (tertiary/aromatic N) is 2. The number of phenols is 1. The number of esters is 1. The lowest BCUT2D eigenvalue weighted by Gasteiger charge is -2.10. The largest absolute Gasteiger partial charge is 0.507 e. The van der Waals surface area contributed by atoms with E-state index in [0.717, 1.165) is 16.9 Å². The zero-order chi connectivity index (χ0) is 18.0. The summed E-state index contributed by atoms with van der Waals surface area (Å²) in [6.07, 6.45) is 3.40. The number of carbonyl (C=O) groups excluding carboxylic acids is 1. The number of rotatable bonds is 5. The van der Waals surface area contributed by atoms with Crippen molar-refractivity contribution < 1.29 is 14.6 Å². The van der Waals surface area contributed by atoms with Crippen LogP contribution >= 0.6 is 28.3 Å². The van der Waals surface area contributed by atoms with Crippen molar-refractivity contribution in [2.24, 2.45) is 7.05 Å². The molecule has 0 unspecified atom stereocenters. The predicted octanol–water partition coefficient (Wildman–Crippen LogP) is 4.25. The number of pyridine rings is 1. The van der Waals surface area contributed by atoms with Crippen molar-refractivity contribution in [1.82, 2.24) is 9.55 Å². The van der Waals surface area contributed by atoms with Gasteiger partial charge >= 0.3 is 5.97 Å². The molecule has 3 aromatic rings. The number of phenolic OH excluding ortho intramolecular Hbond substituents is 1. The van der Waals surface area contributed by atoms with E-state index in [0.29, 0.717) is 22.0 Å². The van der Waals surface area contributed by atoms with E-state index in [9.17, 15) is 9.90 Å². The number of aromatic nitrogens is 2. The van der Waals surface area contributed by atoms with Crippen molar-refractivity contribution in [2.75, 3.05) is 11.9 Å². The first-order valence-electron chi connectivity index (χ1n) is 7.83. The summed E-state index contributed by atoms with van der Waals surface area (Å²) in [7, 11) is 1.89. The van der Waals surface area contributed by atoms with E-state index in [-0.39, 0.29) is 24.8 Å². The second-order valence-corrected chi connectivity index (χ2v) is 6.37. The van der Waals surface area contributed by atoms with Crippen LogP contribution in [0, 0.1) is 0 Å². The third-order valence-corrected chi connectivity index (χ3v) is 4.64. The molecule has 0 aliphatic rings. The highest BCUT2D eigenvalue weighted by atomic mass is 79.9. The van der Waals surface area contributed by atoms with Crippen molar-refractivity contribution in [2.45, 2.75) is 13.5 Å². The van der Waals surface area contributed by atoms with Crippen LogP contribution in [-0.2, 0) is 18.3 Å². The molecule has 0 amide bonds. The zero-order valence-corrected chi connectivity index (χ0v) is 16.7. The number of hydrogen-bond donors (Lipinski definition) is 2. The standard InChI is InChI=1S/C18H18BrN3O3.ClH/c1-3-25-18(24)17-12-8-16(23)13(19)9-14(12)22(2)15(17)10-21-11-4-6-20-7-5-11;/h4-9,23H,3,10H2,1-2H3,(H,20,21);1H. The maximum atomic E-state index is 12.5. The number of ether oxygens (including phenoxy) is 1. The molecule has 8 heteroatoms. The van der Waals surface area contributed by atoms with Crippen LogP contribution in [0.5, 0.6) is 5.75 Å². The second kappa shape index (κ2) is 8.42. The quantitative estimate of drug-likeness (QED) is 0.580. The lowest BCUT2D eigenvalue weighted by atomic mass is 10.1. The summed E-state index contributed by atoms with van der Waals surface area (Å²) in [4.78, 5) is 16.5. The maximum Gasteiger partial charge on any atom is 0.340 e. The van der Waals surface area contributed by atoms with Crippen LogP contribution in [0.3, 0.4) is 0 Å². The Labute approximate surface area is 165 Å². The molecule has 2 N–H and O–H groups in total. The van der Waals surface area contributed by atoms with Crippen molar-refractivity contribution in [3.63, 3.8) is 0 Å². The van der Waals surface area contributed by atoms with Crippen molar-refractivity contribution >= 4 is 50.9 Å². The summed E-state index contributed by atoms with van der Waals surface area (Å²) in [5.74, 6) is -0.321. The Bertz CT molecular complexity index is 929. The van der Waals surface area contributed by atoms with Gasteiger partial charge in [-0.3, -0.25) is 4.98 Å².